The number of piperazine rings is 1. The third-order valence-electron chi connectivity index (χ3n) is 4.03. The number of hydrogen-bond acceptors (Lipinski definition) is 4. The molecule has 0 aliphatic carbocycles. The summed E-state index contributed by atoms with van der Waals surface area (Å²) < 4.78 is 0. The van der Waals surface area contributed by atoms with Gasteiger partial charge in [0, 0.05) is 11.1 Å². The number of thiazole rings is 1. The number of nitrogens with zero attached hydrogens (tertiary/aromatic N) is 2. The molecule has 0 aromatic carbocycles. The molecule has 2 unspecified atom stereocenters. The number of aromatic nitrogens is 1. The number of rotatable bonds is 3. The first-order valence-electron chi connectivity index (χ1n) is 7.19. The lowest BCUT2D eigenvalue weighted by Gasteiger charge is -2.48. The standard InChI is InChI=1S/C15H23N3O2S/c1-6-15(5)13(20)18(8-10-7-16-9-21-10)11(12(19)17-15)14(2,3)4/h7,9,11H,6,8H2,1-5H3,(H,17,19). The van der Waals surface area contributed by atoms with Crippen molar-refractivity contribution in [3.05, 3.63) is 16.6 Å². The van der Waals surface area contributed by atoms with Crippen molar-refractivity contribution in [2.24, 2.45) is 5.41 Å². The molecule has 1 N–H and O–H groups in total. The van der Waals surface area contributed by atoms with E-state index in [0.29, 0.717) is 13.0 Å². The molecule has 2 amide bonds. The van der Waals surface area contributed by atoms with Gasteiger partial charge in [0.05, 0.1) is 12.1 Å². The number of carbonyl (C=O) groups excluding carboxylic acids is 2. The van der Waals surface area contributed by atoms with E-state index in [1.165, 1.54) is 11.3 Å². The molecule has 116 valence electrons. The molecule has 0 radical (unpaired) electrons. The first-order valence-corrected chi connectivity index (χ1v) is 8.07. The average molecular weight is 309 g/mol. The summed E-state index contributed by atoms with van der Waals surface area (Å²) in [6.45, 7) is 10.1. The highest BCUT2D eigenvalue weighted by molar-refractivity contribution is 7.09. The Hall–Kier alpha value is -1.43. The van der Waals surface area contributed by atoms with E-state index >= 15 is 0 Å². The zero-order valence-corrected chi connectivity index (χ0v) is 14.1. The van der Waals surface area contributed by atoms with Crippen LogP contribution < -0.4 is 5.32 Å². The van der Waals surface area contributed by atoms with Crippen molar-refractivity contribution in [1.82, 2.24) is 15.2 Å². The Kier molecular flexibility index (Phi) is 4.10. The molecule has 21 heavy (non-hydrogen) atoms. The van der Waals surface area contributed by atoms with Crippen LogP contribution in [0.2, 0.25) is 0 Å². The van der Waals surface area contributed by atoms with E-state index < -0.39 is 11.6 Å². The van der Waals surface area contributed by atoms with E-state index in [2.05, 4.69) is 10.3 Å². The smallest absolute Gasteiger partial charge is 0.249 e. The maximum Gasteiger partial charge on any atom is 0.249 e. The molecule has 6 heteroatoms. The van der Waals surface area contributed by atoms with Crippen LogP contribution in [-0.4, -0.2) is 33.3 Å². The van der Waals surface area contributed by atoms with Crippen molar-refractivity contribution < 1.29 is 9.59 Å². The van der Waals surface area contributed by atoms with Crippen LogP contribution in [0.5, 0.6) is 0 Å². The topological polar surface area (TPSA) is 62.3 Å². The Morgan fingerprint density at radius 2 is 2.10 bits per heavy atom. The van der Waals surface area contributed by atoms with Gasteiger partial charge in [0.15, 0.2) is 0 Å². The molecule has 1 aromatic rings. The average Bonchev–Trinajstić information content (AvgIpc) is 2.86. The molecule has 1 saturated heterocycles. The Labute approximate surface area is 129 Å². The first kappa shape index (κ1) is 15.9. The van der Waals surface area contributed by atoms with Crippen molar-refractivity contribution in [1.29, 1.82) is 0 Å². The summed E-state index contributed by atoms with van der Waals surface area (Å²) in [7, 11) is 0. The minimum absolute atomic E-state index is 0.0158. The van der Waals surface area contributed by atoms with Crippen LogP contribution in [0.15, 0.2) is 11.7 Å². The van der Waals surface area contributed by atoms with Gasteiger partial charge in [-0.2, -0.15) is 0 Å². The highest BCUT2D eigenvalue weighted by Crippen LogP contribution is 2.33. The fourth-order valence-electron chi connectivity index (χ4n) is 2.72. The van der Waals surface area contributed by atoms with Crippen LogP contribution in [0.1, 0.15) is 45.9 Å². The summed E-state index contributed by atoms with van der Waals surface area (Å²) in [6, 6.07) is -0.466. The maximum atomic E-state index is 12.9. The number of carbonyl (C=O) groups is 2. The molecule has 0 spiro atoms. The molecular weight excluding hydrogens is 286 g/mol. The highest BCUT2D eigenvalue weighted by atomic mass is 32.1. The van der Waals surface area contributed by atoms with Crippen molar-refractivity contribution in [3.63, 3.8) is 0 Å². The predicted octanol–water partition coefficient (Wildman–Crippen LogP) is 2.18. The maximum absolute atomic E-state index is 12.9. The monoisotopic (exact) mass is 309 g/mol. The summed E-state index contributed by atoms with van der Waals surface area (Å²) in [5.41, 5.74) is 0.609. The molecule has 1 aliphatic rings. The largest absolute Gasteiger partial charge is 0.340 e. The van der Waals surface area contributed by atoms with Gasteiger partial charge in [0.25, 0.3) is 0 Å². The van der Waals surface area contributed by atoms with Crippen LogP contribution in [0.25, 0.3) is 0 Å². The third kappa shape index (κ3) is 2.95. The van der Waals surface area contributed by atoms with Crippen LogP contribution in [0, 0.1) is 5.41 Å². The lowest BCUT2D eigenvalue weighted by atomic mass is 9.80. The lowest BCUT2D eigenvalue weighted by Crippen LogP contribution is -2.71. The molecule has 0 bridgehead atoms. The Bertz CT molecular complexity index is 536. The number of hydrogen-bond donors (Lipinski definition) is 1. The van der Waals surface area contributed by atoms with E-state index in [0.717, 1.165) is 4.88 Å². The molecule has 2 rings (SSSR count). The van der Waals surface area contributed by atoms with E-state index in [9.17, 15) is 9.59 Å². The SMILES string of the molecule is CCC1(C)NC(=O)C(C(C)(C)C)N(Cc2cncs2)C1=O. The van der Waals surface area contributed by atoms with Crippen LogP contribution in [0.4, 0.5) is 0 Å². The fraction of sp³-hybridized carbons (Fsp3) is 0.667. The normalized spacial score (nSPS) is 26.9. The Morgan fingerprint density at radius 1 is 1.43 bits per heavy atom. The van der Waals surface area contributed by atoms with Gasteiger partial charge in [-0.1, -0.05) is 27.7 Å². The minimum Gasteiger partial charge on any atom is -0.340 e. The second kappa shape index (κ2) is 5.40. The quantitative estimate of drug-likeness (QED) is 0.931. The van der Waals surface area contributed by atoms with E-state index in [4.69, 9.17) is 0 Å². The second-order valence-corrected chi connectivity index (χ2v) is 7.82. The van der Waals surface area contributed by atoms with Gasteiger partial charge >= 0.3 is 0 Å². The molecule has 2 heterocycles. The van der Waals surface area contributed by atoms with Gasteiger partial charge in [0.2, 0.25) is 11.8 Å². The number of amides is 2. The summed E-state index contributed by atoms with van der Waals surface area (Å²) >= 11 is 1.50. The van der Waals surface area contributed by atoms with Gasteiger partial charge in [-0.25, -0.2) is 0 Å². The zero-order chi connectivity index (χ0) is 15.8. The van der Waals surface area contributed by atoms with E-state index in [1.807, 2.05) is 27.7 Å². The van der Waals surface area contributed by atoms with Gasteiger partial charge in [-0.15, -0.1) is 11.3 Å². The molecule has 2 atom stereocenters. The van der Waals surface area contributed by atoms with Crippen LogP contribution >= 0.6 is 11.3 Å². The summed E-state index contributed by atoms with van der Waals surface area (Å²) in [5.74, 6) is -0.0890. The number of nitrogens with one attached hydrogen (secondary N) is 1. The molecular formula is C15H23N3O2S. The predicted molar refractivity (Wildman–Crippen MR) is 82.7 cm³/mol. The molecule has 1 fully saturated rings. The van der Waals surface area contributed by atoms with Gasteiger partial charge in [0.1, 0.15) is 11.6 Å². The third-order valence-corrected chi connectivity index (χ3v) is 4.79. The van der Waals surface area contributed by atoms with Crippen LogP contribution in [-0.2, 0) is 16.1 Å². The molecule has 1 aliphatic heterocycles. The molecule has 0 saturated carbocycles. The summed E-state index contributed by atoms with van der Waals surface area (Å²) in [4.78, 5) is 32.3. The van der Waals surface area contributed by atoms with Gasteiger partial charge in [-0.05, 0) is 18.8 Å². The first-order chi connectivity index (χ1) is 9.69. The van der Waals surface area contributed by atoms with Crippen molar-refractivity contribution >= 4 is 23.2 Å². The fourth-order valence-corrected chi connectivity index (χ4v) is 3.31. The zero-order valence-electron chi connectivity index (χ0n) is 13.3. The minimum atomic E-state index is -0.816. The van der Waals surface area contributed by atoms with Crippen molar-refractivity contribution in [2.45, 2.75) is 59.2 Å². The Morgan fingerprint density at radius 3 is 2.57 bits per heavy atom. The molecule has 1 aromatic heterocycles. The van der Waals surface area contributed by atoms with Crippen LogP contribution in [0.3, 0.4) is 0 Å². The Balaban J connectivity index is 2.40. The van der Waals surface area contributed by atoms with Crippen molar-refractivity contribution in [3.8, 4) is 0 Å². The van der Waals surface area contributed by atoms with Crippen molar-refractivity contribution in [2.75, 3.05) is 0 Å². The van der Waals surface area contributed by atoms with E-state index in [-0.39, 0.29) is 17.2 Å². The lowest BCUT2D eigenvalue weighted by molar-refractivity contribution is -0.159. The highest BCUT2D eigenvalue weighted by Gasteiger charge is 2.50. The van der Waals surface area contributed by atoms with Gasteiger partial charge in [-0.3, -0.25) is 14.6 Å². The molecule has 5 nitrogen and oxygen atoms in total. The summed E-state index contributed by atoms with van der Waals surface area (Å²) in [5, 5.41) is 2.92. The van der Waals surface area contributed by atoms with Gasteiger partial charge < -0.3 is 10.2 Å². The summed E-state index contributed by atoms with van der Waals surface area (Å²) in [6.07, 6.45) is 2.33. The second-order valence-electron chi connectivity index (χ2n) is 6.84. The van der Waals surface area contributed by atoms with E-state index in [1.54, 1.807) is 23.5 Å².